The molecule has 1 aliphatic rings. The molecule has 0 bridgehead atoms. The van der Waals surface area contributed by atoms with Crippen molar-refractivity contribution >= 4 is 11.3 Å². The van der Waals surface area contributed by atoms with Gasteiger partial charge in [-0.15, -0.1) is 11.3 Å². The van der Waals surface area contributed by atoms with Crippen LogP contribution >= 0.6 is 11.3 Å². The van der Waals surface area contributed by atoms with E-state index in [9.17, 15) is 4.79 Å². The van der Waals surface area contributed by atoms with Gasteiger partial charge < -0.3 is 4.52 Å². The molecule has 23 heavy (non-hydrogen) atoms. The maximum Gasteiger partial charge on any atom is 0.370 e. The predicted molar refractivity (Wildman–Crippen MR) is 83.4 cm³/mol. The van der Waals surface area contributed by atoms with Crippen molar-refractivity contribution < 1.29 is 4.52 Å². The van der Waals surface area contributed by atoms with Gasteiger partial charge in [-0.3, -0.25) is 4.90 Å². The molecule has 120 valence electrons. The van der Waals surface area contributed by atoms with E-state index in [0.29, 0.717) is 6.67 Å². The molecule has 0 spiro atoms. The molecule has 9 heteroatoms. The molecule has 4 rings (SSSR count). The van der Waals surface area contributed by atoms with E-state index < -0.39 is 0 Å². The lowest BCUT2D eigenvalue weighted by Gasteiger charge is -2.20. The second-order valence-corrected chi connectivity index (χ2v) is 6.53. The number of hydrogen-bond acceptors (Lipinski definition) is 7. The largest absolute Gasteiger partial charge is 0.370 e. The Morgan fingerprint density at radius 1 is 1.43 bits per heavy atom. The molecule has 0 N–H and O–H groups in total. The molecule has 3 aromatic rings. The smallest absolute Gasteiger partial charge is 0.359 e. The van der Waals surface area contributed by atoms with Gasteiger partial charge in [0, 0.05) is 12.6 Å². The summed E-state index contributed by atoms with van der Waals surface area (Å²) in [5.74, 6) is 0.846. The SMILES string of the molecule is Cc1cc(C2CCCN2Cn2nnn(-c3cccs3)c2=O)on1. The lowest BCUT2D eigenvalue weighted by atomic mass is 10.1. The highest BCUT2D eigenvalue weighted by Crippen LogP contribution is 2.32. The van der Waals surface area contributed by atoms with Crippen LogP contribution in [-0.4, -0.2) is 36.4 Å². The lowest BCUT2D eigenvalue weighted by molar-refractivity contribution is 0.161. The van der Waals surface area contributed by atoms with Gasteiger partial charge >= 0.3 is 5.69 Å². The quantitative estimate of drug-likeness (QED) is 0.721. The van der Waals surface area contributed by atoms with Gasteiger partial charge in [0.2, 0.25) is 0 Å². The van der Waals surface area contributed by atoms with Crippen LogP contribution in [0.2, 0.25) is 0 Å². The Labute approximate surface area is 135 Å². The van der Waals surface area contributed by atoms with Gasteiger partial charge in [-0.05, 0) is 47.7 Å². The number of likely N-dealkylation sites (tertiary alicyclic amines) is 1. The van der Waals surface area contributed by atoms with E-state index in [1.165, 1.54) is 20.7 Å². The molecule has 4 heterocycles. The minimum Gasteiger partial charge on any atom is -0.359 e. The topological polar surface area (TPSA) is 82.0 Å². The van der Waals surface area contributed by atoms with Crippen LogP contribution < -0.4 is 5.69 Å². The monoisotopic (exact) mass is 332 g/mol. The summed E-state index contributed by atoms with van der Waals surface area (Å²) in [6, 6.07) is 5.82. The molecule has 1 saturated heterocycles. The summed E-state index contributed by atoms with van der Waals surface area (Å²) in [7, 11) is 0. The van der Waals surface area contributed by atoms with Gasteiger partial charge in [0.1, 0.15) is 11.7 Å². The fourth-order valence-corrected chi connectivity index (χ4v) is 3.59. The lowest BCUT2D eigenvalue weighted by Crippen LogP contribution is -2.33. The molecule has 1 aliphatic heterocycles. The van der Waals surface area contributed by atoms with Crippen LogP contribution in [0.15, 0.2) is 32.9 Å². The molecule has 3 aromatic heterocycles. The number of nitrogens with zero attached hydrogens (tertiary/aromatic N) is 6. The highest BCUT2D eigenvalue weighted by molar-refractivity contribution is 7.12. The van der Waals surface area contributed by atoms with Crippen molar-refractivity contribution in [2.24, 2.45) is 0 Å². The van der Waals surface area contributed by atoms with E-state index in [-0.39, 0.29) is 11.7 Å². The van der Waals surface area contributed by atoms with Crippen LogP contribution in [-0.2, 0) is 6.67 Å². The summed E-state index contributed by atoms with van der Waals surface area (Å²) in [5, 5.41) is 14.6. The molecule has 0 amide bonds. The minimum atomic E-state index is -0.230. The third kappa shape index (κ3) is 2.62. The van der Waals surface area contributed by atoms with Crippen molar-refractivity contribution in [2.45, 2.75) is 32.5 Å². The summed E-state index contributed by atoms with van der Waals surface area (Å²) >= 11 is 1.46. The fraction of sp³-hybridized carbons (Fsp3) is 0.429. The first-order chi connectivity index (χ1) is 11.2. The Morgan fingerprint density at radius 2 is 2.35 bits per heavy atom. The molecule has 0 radical (unpaired) electrons. The second-order valence-electron chi connectivity index (χ2n) is 5.61. The average molecular weight is 332 g/mol. The number of hydrogen-bond donors (Lipinski definition) is 0. The van der Waals surface area contributed by atoms with E-state index in [4.69, 9.17) is 4.52 Å². The molecular weight excluding hydrogens is 316 g/mol. The van der Waals surface area contributed by atoms with Crippen molar-refractivity contribution in [1.29, 1.82) is 0 Å². The first-order valence-electron chi connectivity index (χ1n) is 7.46. The minimum absolute atomic E-state index is 0.134. The zero-order valence-electron chi connectivity index (χ0n) is 12.6. The maximum atomic E-state index is 12.4. The summed E-state index contributed by atoms with van der Waals surface area (Å²) < 4.78 is 8.11. The van der Waals surface area contributed by atoms with Crippen molar-refractivity contribution in [1.82, 2.24) is 29.8 Å². The Bertz CT molecular complexity index is 849. The van der Waals surface area contributed by atoms with Crippen LogP contribution in [0.3, 0.4) is 0 Å². The van der Waals surface area contributed by atoms with Gasteiger partial charge in [-0.1, -0.05) is 5.16 Å². The molecular formula is C14H16N6O2S. The normalized spacial score (nSPS) is 18.7. The molecule has 1 unspecified atom stereocenters. The van der Waals surface area contributed by atoms with Crippen molar-refractivity contribution in [3.63, 3.8) is 0 Å². The zero-order valence-corrected chi connectivity index (χ0v) is 13.4. The van der Waals surface area contributed by atoms with Gasteiger partial charge in [-0.2, -0.15) is 9.36 Å². The van der Waals surface area contributed by atoms with Crippen molar-refractivity contribution in [2.75, 3.05) is 6.54 Å². The number of rotatable bonds is 4. The van der Waals surface area contributed by atoms with E-state index in [1.54, 1.807) is 0 Å². The molecule has 0 aliphatic carbocycles. The van der Waals surface area contributed by atoms with E-state index >= 15 is 0 Å². The Kier molecular flexibility index (Phi) is 3.58. The van der Waals surface area contributed by atoms with Gasteiger partial charge in [0.05, 0.1) is 11.7 Å². The second kappa shape index (κ2) is 5.74. The molecule has 1 atom stereocenters. The Hall–Kier alpha value is -2.26. The summed E-state index contributed by atoms with van der Waals surface area (Å²) in [5.41, 5.74) is 0.638. The summed E-state index contributed by atoms with van der Waals surface area (Å²) in [4.78, 5) is 14.6. The first-order valence-corrected chi connectivity index (χ1v) is 8.34. The standard InChI is InChI=1S/C14H16N6O2S/c1-10-8-12(22-15-10)11-4-2-6-18(11)9-19-14(21)20(17-16-19)13-5-3-7-23-13/h3,5,7-8,11H,2,4,6,9H2,1H3. The third-order valence-electron chi connectivity index (χ3n) is 4.01. The first kappa shape index (κ1) is 14.3. The maximum absolute atomic E-state index is 12.4. The van der Waals surface area contributed by atoms with Gasteiger partial charge in [0.15, 0.2) is 5.76 Å². The Balaban J connectivity index is 1.57. The number of aromatic nitrogens is 5. The number of tetrazole rings is 1. The van der Waals surface area contributed by atoms with E-state index in [2.05, 4.69) is 20.5 Å². The molecule has 0 aromatic carbocycles. The number of thiophene rings is 1. The third-order valence-corrected chi connectivity index (χ3v) is 4.85. The van der Waals surface area contributed by atoms with E-state index in [0.717, 1.165) is 35.8 Å². The highest BCUT2D eigenvalue weighted by Gasteiger charge is 2.30. The van der Waals surface area contributed by atoms with Crippen molar-refractivity contribution in [3.05, 3.63) is 45.5 Å². The summed E-state index contributed by atoms with van der Waals surface area (Å²) in [6.45, 7) is 3.20. The summed E-state index contributed by atoms with van der Waals surface area (Å²) in [6.07, 6.45) is 2.04. The van der Waals surface area contributed by atoms with Crippen LogP contribution in [0, 0.1) is 6.92 Å². The van der Waals surface area contributed by atoms with Crippen LogP contribution in [0.4, 0.5) is 0 Å². The average Bonchev–Trinajstić information content (AvgIpc) is 3.29. The molecule has 0 saturated carbocycles. The van der Waals surface area contributed by atoms with Crippen LogP contribution in [0.25, 0.3) is 5.00 Å². The van der Waals surface area contributed by atoms with Crippen LogP contribution in [0.5, 0.6) is 0 Å². The van der Waals surface area contributed by atoms with Gasteiger partial charge in [0.25, 0.3) is 0 Å². The molecule has 1 fully saturated rings. The fourth-order valence-electron chi connectivity index (χ4n) is 2.92. The van der Waals surface area contributed by atoms with Gasteiger partial charge in [-0.25, -0.2) is 4.79 Å². The van der Waals surface area contributed by atoms with E-state index in [1.807, 2.05) is 30.5 Å². The molecule has 8 nitrogen and oxygen atoms in total. The predicted octanol–water partition coefficient (Wildman–Crippen LogP) is 1.58. The highest BCUT2D eigenvalue weighted by atomic mass is 32.1. The Morgan fingerprint density at radius 3 is 3.09 bits per heavy atom. The van der Waals surface area contributed by atoms with Crippen LogP contribution in [0.1, 0.15) is 30.3 Å². The number of aryl methyl sites for hydroxylation is 1. The van der Waals surface area contributed by atoms with Crippen molar-refractivity contribution in [3.8, 4) is 5.00 Å². The zero-order chi connectivity index (χ0) is 15.8.